The Bertz CT molecular complexity index is 581. The van der Waals surface area contributed by atoms with Crippen molar-refractivity contribution in [2.45, 2.75) is 72.1 Å². The van der Waals surface area contributed by atoms with Gasteiger partial charge in [0, 0.05) is 6.04 Å². The molecule has 6 nitrogen and oxygen atoms in total. The lowest BCUT2D eigenvalue weighted by atomic mass is 10.1. The van der Waals surface area contributed by atoms with Crippen molar-refractivity contribution < 1.29 is 23.8 Å². The maximum atomic E-state index is 11.7. The summed E-state index contributed by atoms with van der Waals surface area (Å²) in [5, 5.41) is 2.79. The minimum Gasteiger partial charge on any atom is -0.444 e. The molecule has 1 rings (SSSR count). The zero-order valence-corrected chi connectivity index (χ0v) is 16.1. The molecule has 1 aromatic carbocycles. The molecular formula is C19H29NO5. The van der Waals surface area contributed by atoms with Gasteiger partial charge in [-0.2, -0.15) is 0 Å². The van der Waals surface area contributed by atoms with Gasteiger partial charge in [0.25, 0.3) is 0 Å². The standard InChI is InChI=1S/C19H29NO5/c1-13(20-16(21)24-18(2,3)4)12-14-8-10-15(11-9-14)23-17(22)25-19(5,6)7/h8-11,13H,12H2,1-7H3,(H,20,21). The van der Waals surface area contributed by atoms with Crippen LogP contribution < -0.4 is 10.1 Å². The second kappa shape index (κ2) is 8.23. The molecular weight excluding hydrogens is 322 g/mol. The highest BCUT2D eigenvalue weighted by molar-refractivity contribution is 5.68. The van der Waals surface area contributed by atoms with Crippen molar-refractivity contribution in [2.24, 2.45) is 0 Å². The van der Waals surface area contributed by atoms with Gasteiger partial charge in [-0.25, -0.2) is 9.59 Å². The summed E-state index contributed by atoms with van der Waals surface area (Å²) in [5.74, 6) is 0.408. The van der Waals surface area contributed by atoms with Crippen molar-refractivity contribution >= 4 is 12.2 Å². The van der Waals surface area contributed by atoms with Crippen molar-refractivity contribution in [3.05, 3.63) is 29.8 Å². The molecule has 0 saturated carbocycles. The number of rotatable bonds is 4. The third-order valence-corrected chi connectivity index (χ3v) is 2.82. The molecule has 0 aliphatic rings. The summed E-state index contributed by atoms with van der Waals surface area (Å²) in [4.78, 5) is 23.4. The highest BCUT2D eigenvalue weighted by Gasteiger charge is 2.19. The number of nitrogens with one attached hydrogen (secondary N) is 1. The Labute approximate surface area is 149 Å². The van der Waals surface area contributed by atoms with E-state index in [1.54, 1.807) is 32.9 Å². The van der Waals surface area contributed by atoms with Crippen molar-refractivity contribution in [2.75, 3.05) is 0 Å². The Kier molecular flexibility index (Phi) is 6.85. The van der Waals surface area contributed by atoms with E-state index in [2.05, 4.69) is 5.32 Å². The second-order valence-corrected chi connectivity index (χ2v) is 7.96. The maximum Gasteiger partial charge on any atom is 0.514 e. The van der Waals surface area contributed by atoms with Crippen LogP contribution in [0.4, 0.5) is 9.59 Å². The lowest BCUT2D eigenvalue weighted by Crippen LogP contribution is -2.38. The van der Waals surface area contributed by atoms with Gasteiger partial charge < -0.3 is 19.5 Å². The van der Waals surface area contributed by atoms with Gasteiger partial charge in [0.15, 0.2) is 0 Å². The molecule has 0 saturated heterocycles. The van der Waals surface area contributed by atoms with Crippen LogP contribution in [0.5, 0.6) is 5.75 Å². The van der Waals surface area contributed by atoms with E-state index in [0.29, 0.717) is 12.2 Å². The summed E-state index contributed by atoms with van der Waals surface area (Å²) in [5.41, 5.74) is -0.121. The fraction of sp³-hybridized carbons (Fsp3) is 0.579. The Morgan fingerprint density at radius 1 is 0.960 bits per heavy atom. The van der Waals surface area contributed by atoms with Crippen LogP contribution >= 0.6 is 0 Å². The Balaban J connectivity index is 2.51. The molecule has 0 fully saturated rings. The highest BCUT2D eigenvalue weighted by atomic mass is 16.7. The van der Waals surface area contributed by atoms with Gasteiger partial charge in [-0.15, -0.1) is 0 Å². The summed E-state index contributed by atoms with van der Waals surface area (Å²) in [6.45, 7) is 12.7. The van der Waals surface area contributed by atoms with Gasteiger partial charge in [-0.1, -0.05) is 12.1 Å². The van der Waals surface area contributed by atoms with Crippen LogP contribution in [0.25, 0.3) is 0 Å². The fourth-order valence-electron chi connectivity index (χ4n) is 1.97. The fourth-order valence-corrected chi connectivity index (χ4v) is 1.97. The Morgan fingerprint density at radius 3 is 1.96 bits per heavy atom. The second-order valence-electron chi connectivity index (χ2n) is 7.96. The molecule has 0 bridgehead atoms. The molecule has 1 atom stereocenters. The van der Waals surface area contributed by atoms with E-state index in [4.69, 9.17) is 14.2 Å². The summed E-state index contributed by atoms with van der Waals surface area (Å²) < 4.78 is 15.4. The minimum absolute atomic E-state index is 0.0903. The van der Waals surface area contributed by atoms with Crippen LogP contribution in [-0.2, 0) is 15.9 Å². The summed E-state index contributed by atoms with van der Waals surface area (Å²) in [6.07, 6.45) is -0.545. The van der Waals surface area contributed by atoms with Gasteiger partial charge in [0.2, 0.25) is 0 Å². The topological polar surface area (TPSA) is 73.9 Å². The van der Waals surface area contributed by atoms with Crippen LogP contribution in [0.1, 0.15) is 54.0 Å². The van der Waals surface area contributed by atoms with E-state index < -0.39 is 23.5 Å². The Hall–Kier alpha value is -2.24. The number of alkyl carbamates (subject to hydrolysis) is 1. The molecule has 0 spiro atoms. The molecule has 1 amide bonds. The van der Waals surface area contributed by atoms with Crippen molar-refractivity contribution in [3.8, 4) is 5.75 Å². The van der Waals surface area contributed by atoms with E-state index in [-0.39, 0.29) is 6.04 Å². The van der Waals surface area contributed by atoms with E-state index in [9.17, 15) is 9.59 Å². The average Bonchev–Trinajstić information content (AvgIpc) is 2.36. The molecule has 0 aliphatic heterocycles. The lowest BCUT2D eigenvalue weighted by molar-refractivity contribution is 0.0205. The minimum atomic E-state index is -0.736. The van der Waals surface area contributed by atoms with Crippen molar-refractivity contribution in [3.63, 3.8) is 0 Å². The van der Waals surface area contributed by atoms with Gasteiger partial charge in [0.1, 0.15) is 17.0 Å². The van der Waals surface area contributed by atoms with Crippen molar-refractivity contribution in [1.82, 2.24) is 5.32 Å². The van der Waals surface area contributed by atoms with E-state index in [1.165, 1.54) is 0 Å². The number of amides is 1. The third kappa shape index (κ3) is 9.59. The molecule has 0 radical (unpaired) electrons. The van der Waals surface area contributed by atoms with Crippen molar-refractivity contribution in [1.29, 1.82) is 0 Å². The lowest BCUT2D eigenvalue weighted by Gasteiger charge is -2.22. The zero-order chi connectivity index (χ0) is 19.3. The molecule has 1 aromatic rings. The monoisotopic (exact) mass is 351 g/mol. The predicted molar refractivity (Wildman–Crippen MR) is 95.8 cm³/mol. The van der Waals surface area contributed by atoms with Crippen LogP contribution in [0, 0.1) is 0 Å². The first-order chi connectivity index (χ1) is 11.3. The normalized spacial score (nSPS) is 12.9. The number of ether oxygens (including phenoxy) is 3. The number of hydrogen-bond donors (Lipinski definition) is 1. The summed E-state index contributed by atoms with van der Waals surface area (Å²) in [7, 11) is 0. The first-order valence-electron chi connectivity index (χ1n) is 8.33. The largest absolute Gasteiger partial charge is 0.514 e. The molecule has 25 heavy (non-hydrogen) atoms. The van der Waals surface area contributed by atoms with E-state index in [0.717, 1.165) is 5.56 Å². The highest BCUT2D eigenvalue weighted by Crippen LogP contribution is 2.16. The first-order valence-corrected chi connectivity index (χ1v) is 8.33. The van der Waals surface area contributed by atoms with E-state index >= 15 is 0 Å². The number of carbonyl (C=O) groups is 2. The molecule has 0 aromatic heterocycles. The zero-order valence-electron chi connectivity index (χ0n) is 16.1. The first kappa shape index (κ1) is 20.8. The van der Waals surface area contributed by atoms with Crippen LogP contribution in [0.2, 0.25) is 0 Å². The Morgan fingerprint density at radius 2 is 1.48 bits per heavy atom. The molecule has 6 heteroatoms. The SMILES string of the molecule is CC(Cc1ccc(OC(=O)OC(C)(C)C)cc1)NC(=O)OC(C)(C)C. The van der Waals surface area contributed by atoms with Gasteiger partial charge >= 0.3 is 12.2 Å². The van der Waals surface area contributed by atoms with E-state index in [1.807, 2.05) is 39.8 Å². The molecule has 1 N–H and O–H groups in total. The maximum absolute atomic E-state index is 11.7. The molecule has 1 unspecified atom stereocenters. The average molecular weight is 351 g/mol. The molecule has 140 valence electrons. The third-order valence-electron chi connectivity index (χ3n) is 2.82. The van der Waals surface area contributed by atoms with Crippen LogP contribution in [-0.4, -0.2) is 29.5 Å². The molecule has 0 heterocycles. The van der Waals surface area contributed by atoms with Gasteiger partial charge in [-0.3, -0.25) is 0 Å². The summed E-state index contributed by atoms with van der Waals surface area (Å²) >= 11 is 0. The number of hydrogen-bond acceptors (Lipinski definition) is 5. The van der Waals surface area contributed by atoms with Crippen LogP contribution in [0.3, 0.4) is 0 Å². The smallest absolute Gasteiger partial charge is 0.444 e. The quantitative estimate of drug-likeness (QED) is 0.640. The number of carbonyl (C=O) groups excluding carboxylic acids is 2. The summed E-state index contributed by atoms with van der Waals surface area (Å²) in [6, 6.07) is 6.98. The van der Waals surface area contributed by atoms with Crippen LogP contribution in [0.15, 0.2) is 24.3 Å². The molecule has 0 aliphatic carbocycles. The van der Waals surface area contributed by atoms with Gasteiger partial charge in [-0.05, 0) is 72.6 Å². The predicted octanol–water partition coefficient (Wildman–Crippen LogP) is 4.46. The van der Waals surface area contributed by atoms with Gasteiger partial charge in [0.05, 0.1) is 0 Å². The number of benzene rings is 1.